The molecule has 0 aromatic carbocycles. The van der Waals surface area contributed by atoms with Crippen LogP contribution >= 0.6 is 11.3 Å². The topological polar surface area (TPSA) is 42.7 Å². The molecule has 0 aliphatic heterocycles. The first kappa shape index (κ1) is 13.2. The summed E-state index contributed by atoms with van der Waals surface area (Å²) in [4.78, 5) is 4.59. The lowest BCUT2D eigenvalue weighted by Gasteiger charge is -2.14. The predicted molar refractivity (Wildman–Crippen MR) is 74.9 cm³/mol. The summed E-state index contributed by atoms with van der Waals surface area (Å²) >= 11 is 1.70. The molecular formula is C13H20N4S. The third kappa shape index (κ3) is 2.97. The Labute approximate surface area is 112 Å². The van der Waals surface area contributed by atoms with E-state index in [1.807, 2.05) is 17.8 Å². The van der Waals surface area contributed by atoms with Crippen molar-refractivity contribution in [2.45, 2.75) is 39.8 Å². The number of nitrogens with zero attached hydrogens (tertiary/aromatic N) is 3. The van der Waals surface area contributed by atoms with Gasteiger partial charge in [-0.15, -0.1) is 11.3 Å². The van der Waals surface area contributed by atoms with E-state index in [4.69, 9.17) is 0 Å². The molecule has 0 bridgehead atoms. The molecule has 0 spiro atoms. The van der Waals surface area contributed by atoms with Crippen molar-refractivity contribution in [1.82, 2.24) is 20.1 Å². The van der Waals surface area contributed by atoms with E-state index < -0.39 is 0 Å². The maximum absolute atomic E-state index is 4.59. The number of thiazole rings is 1. The van der Waals surface area contributed by atoms with Gasteiger partial charge in [-0.05, 0) is 26.8 Å². The van der Waals surface area contributed by atoms with Gasteiger partial charge in [-0.25, -0.2) is 4.98 Å². The van der Waals surface area contributed by atoms with Gasteiger partial charge < -0.3 is 5.32 Å². The second kappa shape index (κ2) is 6.11. The van der Waals surface area contributed by atoms with Crippen LogP contribution in [-0.4, -0.2) is 21.3 Å². The monoisotopic (exact) mass is 264 g/mol. The lowest BCUT2D eigenvalue weighted by molar-refractivity contribution is 0.586. The fraction of sp³-hybridized carbons (Fsp3) is 0.538. The zero-order valence-electron chi connectivity index (χ0n) is 11.2. The largest absolute Gasteiger partial charge is 0.305 e. The summed E-state index contributed by atoms with van der Waals surface area (Å²) in [6, 6.07) is 0.162. The molecule has 1 N–H and O–H groups in total. The summed E-state index contributed by atoms with van der Waals surface area (Å²) in [6.45, 7) is 8.19. The van der Waals surface area contributed by atoms with Gasteiger partial charge in [0.1, 0.15) is 0 Å². The molecule has 0 radical (unpaired) electrons. The summed E-state index contributed by atoms with van der Waals surface area (Å²) < 4.78 is 1.95. The second-order valence-electron chi connectivity index (χ2n) is 4.31. The van der Waals surface area contributed by atoms with Gasteiger partial charge in [0, 0.05) is 23.7 Å². The summed E-state index contributed by atoms with van der Waals surface area (Å²) in [5.74, 6) is 0. The number of hydrogen-bond donors (Lipinski definition) is 1. The molecule has 0 saturated carbocycles. The summed E-state index contributed by atoms with van der Waals surface area (Å²) in [5, 5.41) is 11.1. The zero-order valence-corrected chi connectivity index (χ0v) is 12.0. The van der Waals surface area contributed by atoms with E-state index in [1.165, 1.54) is 5.56 Å². The Kier molecular flexibility index (Phi) is 4.49. The van der Waals surface area contributed by atoms with Gasteiger partial charge in [-0.3, -0.25) is 4.68 Å². The maximum Gasteiger partial charge on any atom is 0.0898 e. The van der Waals surface area contributed by atoms with Crippen molar-refractivity contribution < 1.29 is 0 Å². The normalized spacial score (nSPS) is 12.8. The van der Waals surface area contributed by atoms with Crippen LogP contribution in [0.2, 0.25) is 0 Å². The smallest absolute Gasteiger partial charge is 0.0898 e. The van der Waals surface area contributed by atoms with E-state index in [1.54, 1.807) is 11.3 Å². The minimum Gasteiger partial charge on any atom is -0.305 e. The molecule has 0 fully saturated rings. The Bertz CT molecular complexity index is 489. The number of aromatic nitrogens is 3. The fourth-order valence-electron chi connectivity index (χ4n) is 1.90. The minimum absolute atomic E-state index is 0.162. The highest BCUT2D eigenvalue weighted by Gasteiger charge is 2.17. The van der Waals surface area contributed by atoms with Crippen LogP contribution in [0, 0.1) is 6.92 Å². The van der Waals surface area contributed by atoms with Crippen LogP contribution < -0.4 is 5.32 Å². The summed E-state index contributed by atoms with van der Waals surface area (Å²) in [5.41, 5.74) is 2.29. The highest BCUT2D eigenvalue weighted by molar-refractivity contribution is 7.09. The molecular weight excluding hydrogens is 244 g/mol. The first-order valence-corrected chi connectivity index (χ1v) is 7.30. The molecule has 98 valence electrons. The molecule has 2 aromatic heterocycles. The van der Waals surface area contributed by atoms with Crippen molar-refractivity contribution in [3.63, 3.8) is 0 Å². The molecule has 2 aromatic rings. The van der Waals surface area contributed by atoms with Crippen LogP contribution in [0.1, 0.15) is 42.6 Å². The Morgan fingerprint density at radius 1 is 1.44 bits per heavy atom. The van der Waals surface area contributed by atoms with Crippen molar-refractivity contribution in [2.75, 3.05) is 6.54 Å². The average Bonchev–Trinajstić information content (AvgIpc) is 2.99. The maximum atomic E-state index is 4.59. The van der Waals surface area contributed by atoms with Crippen LogP contribution in [0.4, 0.5) is 0 Å². The second-order valence-corrected chi connectivity index (χ2v) is 5.37. The van der Waals surface area contributed by atoms with E-state index in [0.717, 1.165) is 30.2 Å². The Morgan fingerprint density at radius 3 is 2.83 bits per heavy atom. The number of aryl methyl sites for hydroxylation is 2. The van der Waals surface area contributed by atoms with Gasteiger partial charge in [0.05, 0.1) is 22.9 Å². The minimum atomic E-state index is 0.162. The van der Waals surface area contributed by atoms with E-state index in [0.29, 0.717) is 0 Å². The Hall–Kier alpha value is -1.20. The van der Waals surface area contributed by atoms with Gasteiger partial charge >= 0.3 is 0 Å². The van der Waals surface area contributed by atoms with E-state index >= 15 is 0 Å². The van der Waals surface area contributed by atoms with Crippen molar-refractivity contribution in [2.24, 2.45) is 0 Å². The van der Waals surface area contributed by atoms with Crippen molar-refractivity contribution in [3.8, 4) is 0 Å². The van der Waals surface area contributed by atoms with Crippen molar-refractivity contribution in [1.29, 1.82) is 0 Å². The third-order valence-corrected chi connectivity index (χ3v) is 3.63. The van der Waals surface area contributed by atoms with Gasteiger partial charge in [0.2, 0.25) is 0 Å². The molecule has 18 heavy (non-hydrogen) atoms. The lowest BCUT2D eigenvalue weighted by atomic mass is 10.1. The van der Waals surface area contributed by atoms with E-state index in [9.17, 15) is 0 Å². The van der Waals surface area contributed by atoms with Crippen LogP contribution in [0.3, 0.4) is 0 Å². The summed E-state index contributed by atoms with van der Waals surface area (Å²) in [6.07, 6.45) is 5.15. The standard InChI is InChI=1S/C13H20N4S/c1-4-6-14-13(12-9-18-10(3)16-12)11-7-15-17(5-2)8-11/h7-9,13-14H,4-6H2,1-3H3. The molecule has 4 nitrogen and oxygen atoms in total. The molecule has 5 heteroatoms. The van der Waals surface area contributed by atoms with Crippen LogP contribution in [0.25, 0.3) is 0 Å². The molecule has 1 unspecified atom stereocenters. The molecule has 0 amide bonds. The number of nitrogens with one attached hydrogen (secondary N) is 1. The quantitative estimate of drug-likeness (QED) is 0.872. The third-order valence-electron chi connectivity index (χ3n) is 2.84. The summed E-state index contributed by atoms with van der Waals surface area (Å²) in [7, 11) is 0. The highest BCUT2D eigenvalue weighted by Crippen LogP contribution is 2.23. The van der Waals surface area contributed by atoms with Gasteiger partial charge in [0.15, 0.2) is 0 Å². The van der Waals surface area contributed by atoms with Gasteiger partial charge in [-0.2, -0.15) is 5.10 Å². The molecule has 1 atom stereocenters. The first-order chi connectivity index (χ1) is 8.74. The molecule has 2 rings (SSSR count). The molecule has 0 saturated heterocycles. The Morgan fingerprint density at radius 2 is 2.28 bits per heavy atom. The van der Waals surface area contributed by atoms with E-state index in [2.05, 4.69) is 40.8 Å². The number of hydrogen-bond acceptors (Lipinski definition) is 4. The molecule has 2 heterocycles. The zero-order chi connectivity index (χ0) is 13.0. The van der Waals surface area contributed by atoms with Gasteiger partial charge in [0.25, 0.3) is 0 Å². The Balaban J connectivity index is 2.24. The predicted octanol–water partition coefficient (Wildman–Crippen LogP) is 2.76. The lowest BCUT2D eigenvalue weighted by Crippen LogP contribution is -2.23. The van der Waals surface area contributed by atoms with Crippen LogP contribution in [-0.2, 0) is 6.54 Å². The van der Waals surface area contributed by atoms with Crippen molar-refractivity contribution >= 4 is 11.3 Å². The van der Waals surface area contributed by atoms with Gasteiger partial charge in [-0.1, -0.05) is 6.92 Å². The first-order valence-electron chi connectivity index (χ1n) is 6.42. The average molecular weight is 264 g/mol. The SMILES string of the molecule is CCCNC(c1cnn(CC)c1)c1csc(C)n1. The van der Waals surface area contributed by atoms with Crippen LogP contribution in [0.15, 0.2) is 17.8 Å². The fourth-order valence-corrected chi connectivity index (χ4v) is 2.53. The number of rotatable bonds is 6. The van der Waals surface area contributed by atoms with Crippen molar-refractivity contribution in [3.05, 3.63) is 34.0 Å². The molecule has 0 aliphatic rings. The molecule has 0 aliphatic carbocycles. The highest BCUT2D eigenvalue weighted by atomic mass is 32.1. The van der Waals surface area contributed by atoms with E-state index in [-0.39, 0.29) is 6.04 Å². The van der Waals surface area contributed by atoms with Crippen LogP contribution in [0.5, 0.6) is 0 Å².